The number of rotatable bonds is 14. The van der Waals surface area contributed by atoms with Gasteiger partial charge in [0.1, 0.15) is 11.5 Å². The molecule has 0 aromatic heterocycles. The van der Waals surface area contributed by atoms with Crippen molar-refractivity contribution in [2.75, 3.05) is 10.6 Å². The summed E-state index contributed by atoms with van der Waals surface area (Å²) in [4.78, 5) is 26.1. The molecule has 0 aliphatic carbocycles. The molecule has 0 fully saturated rings. The molecule has 0 bridgehead atoms. The molecule has 2 N–H and O–H groups in total. The van der Waals surface area contributed by atoms with E-state index in [0.29, 0.717) is 42.1 Å². The summed E-state index contributed by atoms with van der Waals surface area (Å²) >= 11 is 0. The van der Waals surface area contributed by atoms with Crippen molar-refractivity contribution in [2.45, 2.75) is 45.3 Å². The van der Waals surface area contributed by atoms with Crippen LogP contribution in [0.25, 0.3) is 22.3 Å². The fourth-order valence-corrected chi connectivity index (χ4v) is 5.78. The molecule has 6 aromatic carbocycles. The van der Waals surface area contributed by atoms with Gasteiger partial charge in [0, 0.05) is 11.4 Å². The molecule has 0 aliphatic heterocycles. The van der Waals surface area contributed by atoms with Crippen LogP contribution in [-0.2, 0) is 16.0 Å². The molecule has 0 heterocycles. The smallest absolute Gasteiger partial charge is 0.265 e. The Morgan fingerprint density at radius 1 is 0.451 bits per heavy atom. The highest BCUT2D eigenvalue weighted by Gasteiger charge is 2.20. The maximum atomic E-state index is 13.1. The van der Waals surface area contributed by atoms with Gasteiger partial charge in [0.05, 0.1) is 0 Å². The van der Waals surface area contributed by atoms with Crippen LogP contribution in [0.3, 0.4) is 0 Å². The van der Waals surface area contributed by atoms with Gasteiger partial charge in [-0.2, -0.15) is 0 Å². The maximum absolute atomic E-state index is 13.1. The molecule has 2 unspecified atom stereocenters. The minimum atomic E-state index is -0.614. The Kier molecular flexibility index (Phi) is 11.6. The van der Waals surface area contributed by atoms with Gasteiger partial charge in [-0.15, -0.1) is 0 Å². The highest BCUT2D eigenvalue weighted by molar-refractivity contribution is 5.95. The van der Waals surface area contributed by atoms with Gasteiger partial charge >= 0.3 is 0 Å². The Morgan fingerprint density at radius 3 is 1.12 bits per heavy atom. The predicted molar refractivity (Wildman–Crippen MR) is 206 cm³/mol. The summed E-state index contributed by atoms with van der Waals surface area (Å²) in [6.07, 6.45) is 0.557. The van der Waals surface area contributed by atoms with Gasteiger partial charge in [0.2, 0.25) is 0 Å². The van der Waals surface area contributed by atoms with E-state index in [4.69, 9.17) is 9.47 Å². The molecule has 6 heteroatoms. The van der Waals surface area contributed by atoms with E-state index >= 15 is 0 Å². The molecule has 51 heavy (non-hydrogen) atoms. The highest BCUT2D eigenvalue weighted by Crippen LogP contribution is 2.25. The quantitative estimate of drug-likeness (QED) is 0.121. The van der Waals surface area contributed by atoms with Crippen LogP contribution in [-0.4, -0.2) is 24.0 Å². The number of hydrogen-bond donors (Lipinski definition) is 2. The summed E-state index contributed by atoms with van der Waals surface area (Å²) in [6, 6.07) is 51.5. The van der Waals surface area contributed by atoms with Crippen LogP contribution in [0.4, 0.5) is 11.4 Å². The Labute approximate surface area is 300 Å². The Hall–Kier alpha value is -6.14. The molecule has 2 atom stereocenters. The lowest BCUT2D eigenvalue weighted by Crippen LogP contribution is -2.32. The molecule has 2 amide bonds. The minimum absolute atomic E-state index is 0.188. The van der Waals surface area contributed by atoms with Gasteiger partial charge in [-0.25, -0.2) is 0 Å². The average Bonchev–Trinajstić information content (AvgIpc) is 3.18. The first-order chi connectivity index (χ1) is 25.0. The summed E-state index contributed by atoms with van der Waals surface area (Å²) in [5, 5.41) is 5.98. The van der Waals surface area contributed by atoms with Crippen LogP contribution in [0.1, 0.15) is 37.8 Å². The van der Waals surface area contributed by atoms with Crippen molar-refractivity contribution in [3.63, 3.8) is 0 Å². The number of hydrogen-bond acceptors (Lipinski definition) is 4. The third-order valence-corrected chi connectivity index (χ3v) is 8.66. The zero-order valence-corrected chi connectivity index (χ0v) is 28.9. The van der Waals surface area contributed by atoms with Gasteiger partial charge in [0.25, 0.3) is 11.8 Å². The monoisotopic (exact) mass is 674 g/mol. The summed E-state index contributed by atoms with van der Waals surface area (Å²) in [6.45, 7) is 3.87. The molecular weight excluding hydrogens is 633 g/mol. The zero-order chi connectivity index (χ0) is 35.4. The van der Waals surface area contributed by atoms with Crippen molar-refractivity contribution >= 4 is 23.2 Å². The summed E-state index contributed by atoms with van der Waals surface area (Å²) in [5.74, 6) is 0.931. The minimum Gasteiger partial charge on any atom is -0.481 e. The van der Waals surface area contributed by atoms with Gasteiger partial charge in [-0.3, -0.25) is 9.59 Å². The van der Waals surface area contributed by atoms with Crippen LogP contribution in [0, 0.1) is 0 Å². The standard InChI is InChI=1S/C45H42N2O4/c1-3-42(50-40-27-19-36(20-28-40)34-11-7-5-8-12-34)44(48)46-38-23-15-32(16-24-38)31-33-17-25-39(26-18-33)47-45(49)43(4-2)51-41-29-21-37(22-30-41)35-13-9-6-10-14-35/h5-30,42-43H,3-4,31H2,1-2H3,(H,46,48)(H,47,49). The Bertz CT molecular complexity index is 1840. The fourth-order valence-electron chi connectivity index (χ4n) is 5.78. The number of carbonyl (C=O) groups is 2. The van der Waals surface area contributed by atoms with Crippen LogP contribution in [0.5, 0.6) is 11.5 Å². The van der Waals surface area contributed by atoms with Gasteiger partial charge in [-0.1, -0.05) is 123 Å². The average molecular weight is 675 g/mol. The normalized spacial score (nSPS) is 12.0. The molecule has 0 aliphatic rings. The maximum Gasteiger partial charge on any atom is 0.265 e. The molecule has 0 radical (unpaired) electrons. The molecule has 0 spiro atoms. The molecule has 0 saturated carbocycles. The lowest BCUT2D eigenvalue weighted by molar-refractivity contribution is -0.123. The van der Waals surface area contributed by atoms with Crippen LogP contribution >= 0.6 is 0 Å². The van der Waals surface area contributed by atoms with Gasteiger partial charge in [-0.05, 0) is 101 Å². The topological polar surface area (TPSA) is 76.7 Å². The van der Waals surface area contributed by atoms with E-state index in [9.17, 15) is 9.59 Å². The highest BCUT2D eigenvalue weighted by atomic mass is 16.5. The molecule has 0 saturated heterocycles. The van der Waals surface area contributed by atoms with Crippen molar-refractivity contribution in [3.8, 4) is 33.8 Å². The second-order valence-electron chi connectivity index (χ2n) is 12.4. The van der Waals surface area contributed by atoms with E-state index in [-0.39, 0.29) is 11.8 Å². The van der Waals surface area contributed by atoms with Gasteiger partial charge < -0.3 is 20.1 Å². The van der Waals surface area contributed by atoms with Crippen molar-refractivity contribution in [1.29, 1.82) is 0 Å². The first-order valence-corrected chi connectivity index (χ1v) is 17.4. The third-order valence-electron chi connectivity index (χ3n) is 8.66. The number of amides is 2. The van der Waals surface area contributed by atoms with E-state index in [2.05, 4.69) is 34.9 Å². The van der Waals surface area contributed by atoms with E-state index in [1.165, 1.54) is 0 Å². The van der Waals surface area contributed by atoms with E-state index in [1.807, 2.05) is 147 Å². The number of benzene rings is 6. The molecule has 6 rings (SSSR count). The van der Waals surface area contributed by atoms with Crippen LogP contribution < -0.4 is 20.1 Å². The SMILES string of the molecule is CCC(Oc1ccc(-c2ccccc2)cc1)C(=O)Nc1ccc(Cc2ccc(NC(=O)C(CC)Oc3ccc(-c4ccccc4)cc3)cc2)cc1. The number of ether oxygens (including phenoxy) is 2. The first kappa shape index (κ1) is 34.7. The van der Waals surface area contributed by atoms with Crippen LogP contribution in [0.15, 0.2) is 158 Å². The van der Waals surface area contributed by atoms with Crippen molar-refractivity contribution in [1.82, 2.24) is 0 Å². The molecule has 256 valence electrons. The largest absolute Gasteiger partial charge is 0.481 e. The second kappa shape index (κ2) is 17.0. The fraction of sp³-hybridized carbons (Fsp3) is 0.156. The number of anilines is 2. The summed E-state index contributed by atoms with van der Waals surface area (Å²) < 4.78 is 12.1. The summed E-state index contributed by atoms with van der Waals surface area (Å²) in [5.41, 5.74) is 8.08. The Morgan fingerprint density at radius 2 is 0.784 bits per heavy atom. The van der Waals surface area contributed by atoms with Gasteiger partial charge in [0.15, 0.2) is 12.2 Å². The van der Waals surface area contributed by atoms with Crippen LogP contribution in [0.2, 0.25) is 0 Å². The number of carbonyl (C=O) groups excluding carboxylic acids is 2. The molecular formula is C45H42N2O4. The van der Waals surface area contributed by atoms with Crippen molar-refractivity contribution < 1.29 is 19.1 Å². The molecule has 6 aromatic rings. The van der Waals surface area contributed by atoms with E-state index in [0.717, 1.165) is 33.4 Å². The summed E-state index contributed by atoms with van der Waals surface area (Å²) in [7, 11) is 0. The lowest BCUT2D eigenvalue weighted by Gasteiger charge is -2.18. The number of nitrogens with one attached hydrogen (secondary N) is 2. The zero-order valence-electron chi connectivity index (χ0n) is 28.9. The third kappa shape index (κ3) is 9.52. The van der Waals surface area contributed by atoms with Crippen molar-refractivity contribution in [3.05, 3.63) is 169 Å². The second-order valence-corrected chi connectivity index (χ2v) is 12.4. The Balaban J connectivity index is 0.975. The van der Waals surface area contributed by atoms with E-state index < -0.39 is 12.2 Å². The van der Waals surface area contributed by atoms with Crippen molar-refractivity contribution in [2.24, 2.45) is 0 Å². The predicted octanol–water partition coefficient (Wildman–Crippen LogP) is 10.2. The van der Waals surface area contributed by atoms with E-state index in [1.54, 1.807) is 0 Å². The first-order valence-electron chi connectivity index (χ1n) is 17.4. The lowest BCUT2D eigenvalue weighted by atomic mass is 10.0. The molecule has 6 nitrogen and oxygen atoms in total.